The zero-order valence-electron chi connectivity index (χ0n) is 8.84. The first kappa shape index (κ1) is 11.7. The first-order valence-corrected chi connectivity index (χ1v) is 4.85. The Morgan fingerprint density at radius 1 is 1.59 bits per heavy atom. The Morgan fingerprint density at radius 2 is 2.29 bits per heavy atom. The van der Waals surface area contributed by atoms with Crippen LogP contribution in [0, 0.1) is 0 Å². The molecule has 1 amide bonds. The number of halogens is 3. The monoisotopic (exact) mass is 246 g/mol. The van der Waals surface area contributed by atoms with Gasteiger partial charge in [0.15, 0.2) is 0 Å². The molecular formula is C10H9F3N2O2. The van der Waals surface area contributed by atoms with Crippen LogP contribution in [-0.4, -0.2) is 17.5 Å². The maximum absolute atomic E-state index is 12.8. The maximum Gasteiger partial charge on any atom is 0.417 e. The van der Waals surface area contributed by atoms with E-state index in [1.165, 1.54) is 6.92 Å². The first-order chi connectivity index (χ1) is 7.89. The van der Waals surface area contributed by atoms with Gasteiger partial charge in [-0.25, -0.2) is 4.98 Å². The maximum atomic E-state index is 12.8. The van der Waals surface area contributed by atoms with Crippen molar-refractivity contribution in [2.45, 2.75) is 19.1 Å². The fourth-order valence-electron chi connectivity index (χ4n) is 1.76. The van der Waals surface area contributed by atoms with Crippen molar-refractivity contribution in [2.75, 3.05) is 6.61 Å². The van der Waals surface area contributed by atoms with Crippen LogP contribution in [0.5, 0.6) is 5.88 Å². The minimum atomic E-state index is -4.49. The third kappa shape index (κ3) is 2.17. The Kier molecular flexibility index (Phi) is 2.68. The van der Waals surface area contributed by atoms with Crippen LogP contribution in [0.2, 0.25) is 0 Å². The molecule has 1 unspecified atom stereocenters. The van der Waals surface area contributed by atoms with Gasteiger partial charge in [-0.15, -0.1) is 0 Å². The number of ether oxygens (including phenoxy) is 1. The number of carbonyl (C=O) groups is 1. The molecule has 17 heavy (non-hydrogen) atoms. The van der Waals surface area contributed by atoms with Gasteiger partial charge in [0.2, 0.25) is 11.8 Å². The number of aromatic nitrogens is 1. The lowest BCUT2D eigenvalue weighted by Crippen LogP contribution is -2.28. The van der Waals surface area contributed by atoms with Gasteiger partial charge in [-0.1, -0.05) is 0 Å². The molecule has 92 valence electrons. The second-order valence-corrected chi connectivity index (χ2v) is 3.64. The summed E-state index contributed by atoms with van der Waals surface area (Å²) in [6.07, 6.45) is -3.45. The number of nitrogens with one attached hydrogen (secondary N) is 1. The molecule has 2 rings (SSSR count). The number of rotatable bonds is 1. The average molecular weight is 246 g/mol. The van der Waals surface area contributed by atoms with Crippen LogP contribution in [0.25, 0.3) is 0 Å². The predicted molar refractivity (Wildman–Crippen MR) is 51.3 cm³/mol. The van der Waals surface area contributed by atoms with Gasteiger partial charge in [-0.2, -0.15) is 13.2 Å². The lowest BCUT2D eigenvalue weighted by Gasteiger charge is -2.15. The highest BCUT2D eigenvalue weighted by Gasteiger charge is 2.40. The first-order valence-electron chi connectivity index (χ1n) is 4.85. The number of pyridine rings is 1. The van der Waals surface area contributed by atoms with E-state index in [0.29, 0.717) is 0 Å². The fourth-order valence-corrected chi connectivity index (χ4v) is 1.76. The van der Waals surface area contributed by atoms with E-state index >= 15 is 0 Å². The van der Waals surface area contributed by atoms with Gasteiger partial charge in [0.1, 0.15) is 6.61 Å². The Balaban J connectivity index is 2.45. The number of carbonyl (C=O) groups excluding carboxylic acids is 1. The van der Waals surface area contributed by atoms with E-state index in [1.54, 1.807) is 0 Å². The summed E-state index contributed by atoms with van der Waals surface area (Å²) in [6.45, 7) is 1.20. The smallest absolute Gasteiger partial charge is 0.417 e. The second-order valence-electron chi connectivity index (χ2n) is 3.64. The van der Waals surface area contributed by atoms with Crippen molar-refractivity contribution in [1.82, 2.24) is 10.3 Å². The van der Waals surface area contributed by atoms with Crippen molar-refractivity contribution in [3.63, 3.8) is 0 Å². The minimum absolute atomic E-state index is 0.0327. The minimum Gasteiger partial charge on any atom is -0.475 e. The summed E-state index contributed by atoms with van der Waals surface area (Å²) >= 11 is 0. The van der Waals surface area contributed by atoms with E-state index in [9.17, 15) is 18.0 Å². The van der Waals surface area contributed by atoms with Crippen molar-refractivity contribution in [2.24, 2.45) is 0 Å². The summed E-state index contributed by atoms with van der Waals surface area (Å²) in [5.41, 5.74) is -0.922. The largest absolute Gasteiger partial charge is 0.475 e. The van der Waals surface area contributed by atoms with E-state index in [1.807, 2.05) is 0 Å². The van der Waals surface area contributed by atoms with E-state index in [0.717, 1.165) is 12.3 Å². The molecule has 1 aliphatic rings. The summed E-state index contributed by atoms with van der Waals surface area (Å²) in [7, 11) is 0. The zero-order chi connectivity index (χ0) is 12.6. The molecule has 1 aromatic rings. The number of amides is 1. The topological polar surface area (TPSA) is 51.2 Å². The van der Waals surface area contributed by atoms with Crippen LogP contribution in [0.1, 0.15) is 24.1 Å². The lowest BCUT2D eigenvalue weighted by atomic mass is 10.0. The summed E-state index contributed by atoms with van der Waals surface area (Å²) < 4.78 is 43.3. The highest BCUT2D eigenvalue weighted by Crippen LogP contribution is 2.41. The number of fused-ring (bicyclic) bond motifs is 1. The standard InChI is InChI=1S/C10H9F3N2O2/c1-5(16)15-7-4-17-9-8(7)6(2-3-14-9)10(11,12)13/h2-3,7H,4H2,1H3,(H,15,16). The van der Waals surface area contributed by atoms with Crippen LogP contribution in [-0.2, 0) is 11.0 Å². The van der Waals surface area contributed by atoms with Crippen LogP contribution in [0.3, 0.4) is 0 Å². The van der Waals surface area contributed by atoms with Gasteiger partial charge >= 0.3 is 6.18 Å². The van der Waals surface area contributed by atoms with Gasteiger partial charge in [0, 0.05) is 13.1 Å². The molecule has 0 saturated carbocycles. The van der Waals surface area contributed by atoms with Crippen molar-refractivity contribution in [3.8, 4) is 5.88 Å². The molecule has 1 N–H and O–H groups in total. The van der Waals surface area contributed by atoms with E-state index < -0.39 is 23.7 Å². The number of nitrogens with zero attached hydrogens (tertiary/aromatic N) is 1. The van der Waals surface area contributed by atoms with Gasteiger partial charge in [0.25, 0.3) is 0 Å². The Morgan fingerprint density at radius 3 is 2.88 bits per heavy atom. The summed E-state index contributed by atoms with van der Waals surface area (Å²) in [4.78, 5) is 14.6. The predicted octanol–water partition coefficient (Wildman–Crippen LogP) is 1.67. The van der Waals surface area contributed by atoms with Gasteiger partial charge in [0.05, 0.1) is 17.2 Å². The molecule has 0 spiro atoms. The highest BCUT2D eigenvalue weighted by molar-refractivity contribution is 5.73. The molecule has 0 saturated heterocycles. The molecule has 0 aromatic carbocycles. The molecule has 1 aliphatic heterocycles. The fraction of sp³-hybridized carbons (Fsp3) is 0.400. The quantitative estimate of drug-likeness (QED) is 0.820. The van der Waals surface area contributed by atoms with Crippen LogP contribution in [0.15, 0.2) is 12.3 Å². The van der Waals surface area contributed by atoms with Gasteiger partial charge in [-0.05, 0) is 6.07 Å². The van der Waals surface area contributed by atoms with E-state index in [2.05, 4.69) is 10.3 Å². The molecule has 0 fully saturated rings. The molecular weight excluding hydrogens is 237 g/mol. The SMILES string of the molecule is CC(=O)NC1COc2nccc(C(F)(F)F)c21. The molecule has 0 radical (unpaired) electrons. The van der Waals surface area contributed by atoms with E-state index in [-0.39, 0.29) is 18.1 Å². The summed E-state index contributed by atoms with van der Waals surface area (Å²) in [5, 5.41) is 2.41. The molecule has 1 aromatic heterocycles. The Bertz CT molecular complexity index is 459. The van der Waals surface area contributed by atoms with Crippen LogP contribution in [0.4, 0.5) is 13.2 Å². The third-order valence-electron chi connectivity index (χ3n) is 2.37. The normalized spacial score (nSPS) is 18.5. The number of hydrogen-bond donors (Lipinski definition) is 1. The van der Waals surface area contributed by atoms with Crippen molar-refractivity contribution < 1.29 is 22.7 Å². The lowest BCUT2D eigenvalue weighted by molar-refractivity contribution is -0.138. The van der Waals surface area contributed by atoms with Crippen molar-refractivity contribution in [1.29, 1.82) is 0 Å². The third-order valence-corrected chi connectivity index (χ3v) is 2.37. The average Bonchev–Trinajstić information content (AvgIpc) is 2.59. The summed E-state index contributed by atoms with van der Waals surface area (Å²) in [5.74, 6) is -0.484. The zero-order valence-corrected chi connectivity index (χ0v) is 8.84. The number of hydrogen-bond acceptors (Lipinski definition) is 3. The second kappa shape index (κ2) is 3.90. The molecule has 7 heteroatoms. The molecule has 1 atom stereocenters. The van der Waals surface area contributed by atoms with Crippen LogP contribution >= 0.6 is 0 Å². The van der Waals surface area contributed by atoms with Crippen LogP contribution < -0.4 is 10.1 Å². The van der Waals surface area contributed by atoms with Gasteiger partial charge < -0.3 is 10.1 Å². The Labute approximate surface area is 94.8 Å². The molecule has 4 nitrogen and oxygen atoms in total. The van der Waals surface area contributed by atoms with Crippen molar-refractivity contribution >= 4 is 5.91 Å². The molecule has 2 heterocycles. The molecule has 0 aliphatic carbocycles. The van der Waals surface area contributed by atoms with Crippen molar-refractivity contribution in [3.05, 3.63) is 23.4 Å². The van der Waals surface area contributed by atoms with Gasteiger partial charge in [-0.3, -0.25) is 4.79 Å². The number of alkyl halides is 3. The highest BCUT2D eigenvalue weighted by atomic mass is 19.4. The molecule has 0 bridgehead atoms. The van der Waals surface area contributed by atoms with E-state index in [4.69, 9.17) is 4.74 Å². The summed E-state index contributed by atoms with van der Waals surface area (Å²) in [6, 6.07) is 0.0790. The Hall–Kier alpha value is -1.79.